The Labute approximate surface area is 139 Å². The van der Waals surface area contributed by atoms with Crippen molar-refractivity contribution in [3.05, 3.63) is 23.8 Å². The number of methoxy groups -OCH3 is 1. The fourth-order valence-electron chi connectivity index (χ4n) is 2.23. The molecule has 6 nitrogen and oxygen atoms in total. The predicted molar refractivity (Wildman–Crippen MR) is 95.5 cm³/mol. The monoisotopic (exact) mass is 322 g/mol. The molecular weight excluding hydrogens is 292 g/mol. The summed E-state index contributed by atoms with van der Waals surface area (Å²) < 4.78 is 11.3. The summed E-state index contributed by atoms with van der Waals surface area (Å²) in [5.74, 6) is 2.29. The van der Waals surface area contributed by atoms with E-state index in [1.54, 1.807) is 14.2 Å². The maximum absolute atomic E-state index is 5.86. The molecule has 0 spiro atoms. The fraction of sp³-hybridized carbons (Fsp3) is 0.588. The lowest BCUT2D eigenvalue weighted by Gasteiger charge is -2.19. The van der Waals surface area contributed by atoms with E-state index in [0.29, 0.717) is 13.2 Å². The first-order valence-corrected chi connectivity index (χ1v) is 8.08. The zero-order valence-corrected chi connectivity index (χ0v) is 15.0. The van der Waals surface area contributed by atoms with E-state index in [9.17, 15) is 0 Å². The molecule has 0 radical (unpaired) electrons. The van der Waals surface area contributed by atoms with Gasteiger partial charge in [-0.2, -0.15) is 0 Å². The van der Waals surface area contributed by atoms with Crippen molar-refractivity contribution >= 4 is 5.96 Å². The molecule has 6 heteroatoms. The molecule has 1 aromatic carbocycles. The van der Waals surface area contributed by atoms with E-state index in [4.69, 9.17) is 9.47 Å². The second-order valence-electron chi connectivity index (χ2n) is 5.04. The number of hydrogen-bond acceptors (Lipinski definition) is 4. The molecule has 0 aliphatic rings. The molecule has 0 atom stereocenters. The summed E-state index contributed by atoms with van der Waals surface area (Å²) in [6, 6.07) is 5.98. The summed E-state index contributed by atoms with van der Waals surface area (Å²) in [7, 11) is 5.24. The second-order valence-corrected chi connectivity index (χ2v) is 5.04. The van der Waals surface area contributed by atoms with Crippen LogP contribution in [0.25, 0.3) is 0 Å². The number of nitrogens with zero attached hydrogens (tertiary/aromatic N) is 2. The Morgan fingerprint density at radius 3 is 2.52 bits per heavy atom. The van der Waals surface area contributed by atoms with Crippen molar-refractivity contribution in [3.8, 4) is 11.5 Å². The molecule has 130 valence electrons. The number of aliphatic imine (C=N–C) groups is 1. The summed E-state index contributed by atoms with van der Waals surface area (Å²) in [6.07, 6.45) is 0. The van der Waals surface area contributed by atoms with Crippen LogP contribution in [0.1, 0.15) is 19.4 Å². The molecule has 2 N–H and O–H groups in total. The summed E-state index contributed by atoms with van der Waals surface area (Å²) in [6.45, 7) is 8.63. The summed E-state index contributed by atoms with van der Waals surface area (Å²) in [4.78, 5) is 6.42. The van der Waals surface area contributed by atoms with Crippen LogP contribution in [0.5, 0.6) is 11.5 Å². The van der Waals surface area contributed by atoms with Crippen molar-refractivity contribution in [3.63, 3.8) is 0 Å². The SMILES string of the molecule is CCN(CC)CCOc1ccc(CNC(=NC)NC)cc1OC. The van der Waals surface area contributed by atoms with Gasteiger partial charge in [-0.25, -0.2) is 0 Å². The molecule has 0 amide bonds. The number of guanidine groups is 1. The molecule has 0 saturated heterocycles. The first-order chi connectivity index (χ1) is 11.2. The van der Waals surface area contributed by atoms with Crippen LogP contribution >= 0.6 is 0 Å². The topological polar surface area (TPSA) is 58.1 Å². The molecule has 0 saturated carbocycles. The van der Waals surface area contributed by atoms with Crippen molar-refractivity contribution in [2.24, 2.45) is 4.99 Å². The third-order valence-corrected chi connectivity index (χ3v) is 3.71. The minimum Gasteiger partial charge on any atom is -0.493 e. The van der Waals surface area contributed by atoms with Gasteiger partial charge in [0.25, 0.3) is 0 Å². The molecule has 0 aliphatic heterocycles. The second kappa shape index (κ2) is 10.7. The predicted octanol–water partition coefficient (Wildman–Crippen LogP) is 1.71. The van der Waals surface area contributed by atoms with E-state index in [1.807, 2.05) is 25.2 Å². The van der Waals surface area contributed by atoms with Gasteiger partial charge in [0.1, 0.15) is 6.61 Å². The highest BCUT2D eigenvalue weighted by Crippen LogP contribution is 2.28. The lowest BCUT2D eigenvalue weighted by molar-refractivity contribution is 0.217. The smallest absolute Gasteiger partial charge is 0.190 e. The lowest BCUT2D eigenvalue weighted by Crippen LogP contribution is -2.34. The zero-order valence-electron chi connectivity index (χ0n) is 15.0. The van der Waals surface area contributed by atoms with Gasteiger partial charge in [0.15, 0.2) is 17.5 Å². The van der Waals surface area contributed by atoms with E-state index in [-0.39, 0.29) is 0 Å². The molecule has 23 heavy (non-hydrogen) atoms. The van der Waals surface area contributed by atoms with Crippen LogP contribution in [0, 0.1) is 0 Å². The van der Waals surface area contributed by atoms with Crippen LogP contribution in [0.2, 0.25) is 0 Å². The van der Waals surface area contributed by atoms with Crippen molar-refractivity contribution in [1.29, 1.82) is 0 Å². The molecule has 0 fully saturated rings. The quantitative estimate of drug-likeness (QED) is 0.535. The Morgan fingerprint density at radius 1 is 1.22 bits per heavy atom. The van der Waals surface area contributed by atoms with E-state index >= 15 is 0 Å². The number of hydrogen-bond donors (Lipinski definition) is 2. The molecule has 0 aliphatic carbocycles. The van der Waals surface area contributed by atoms with Gasteiger partial charge >= 0.3 is 0 Å². The Balaban J connectivity index is 2.61. The third-order valence-electron chi connectivity index (χ3n) is 3.71. The number of rotatable bonds is 9. The number of nitrogens with one attached hydrogen (secondary N) is 2. The summed E-state index contributed by atoms with van der Waals surface area (Å²) >= 11 is 0. The minimum absolute atomic E-state index is 0.655. The largest absolute Gasteiger partial charge is 0.493 e. The maximum Gasteiger partial charge on any atom is 0.190 e. The first kappa shape index (κ1) is 19.1. The van der Waals surface area contributed by atoms with Gasteiger partial charge in [0, 0.05) is 27.2 Å². The van der Waals surface area contributed by atoms with Crippen molar-refractivity contribution in [2.45, 2.75) is 20.4 Å². The summed E-state index contributed by atoms with van der Waals surface area (Å²) in [5.41, 5.74) is 1.11. The van der Waals surface area contributed by atoms with Crippen LogP contribution in [-0.2, 0) is 6.54 Å². The number of likely N-dealkylation sites (N-methyl/N-ethyl adjacent to an activating group) is 1. The Bertz CT molecular complexity index is 487. The molecular formula is C17H30N4O2. The molecule has 0 aromatic heterocycles. The molecule has 0 bridgehead atoms. The molecule has 1 rings (SSSR count). The van der Waals surface area contributed by atoms with Gasteiger partial charge in [-0.05, 0) is 30.8 Å². The standard InChI is InChI=1S/C17H30N4O2/c1-6-21(7-2)10-11-23-15-9-8-14(12-16(15)22-5)13-20-17(18-3)19-4/h8-9,12H,6-7,10-11,13H2,1-5H3,(H2,18,19,20). The Morgan fingerprint density at radius 2 is 1.96 bits per heavy atom. The van der Waals surface area contributed by atoms with E-state index < -0.39 is 0 Å². The zero-order chi connectivity index (χ0) is 17.1. The van der Waals surface area contributed by atoms with Crippen LogP contribution in [0.4, 0.5) is 0 Å². The fourth-order valence-corrected chi connectivity index (χ4v) is 2.23. The third kappa shape index (κ3) is 6.36. The van der Waals surface area contributed by atoms with Crippen molar-refractivity contribution in [1.82, 2.24) is 15.5 Å². The van der Waals surface area contributed by atoms with Crippen LogP contribution in [0.15, 0.2) is 23.2 Å². The highest BCUT2D eigenvalue weighted by atomic mass is 16.5. The van der Waals surface area contributed by atoms with Gasteiger partial charge in [0.2, 0.25) is 0 Å². The van der Waals surface area contributed by atoms with Crippen LogP contribution in [-0.4, -0.2) is 58.3 Å². The van der Waals surface area contributed by atoms with Gasteiger partial charge in [-0.1, -0.05) is 19.9 Å². The van der Waals surface area contributed by atoms with Gasteiger partial charge in [-0.3, -0.25) is 4.99 Å². The van der Waals surface area contributed by atoms with Crippen molar-refractivity contribution < 1.29 is 9.47 Å². The first-order valence-electron chi connectivity index (χ1n) is 8.08. The van der Waals surface area contributed by atoms with Crippen LogP contribution < -0.4 is 20.1 Å². The lowest BCUT2D eigenvalue weighted by atomic mass is 10.2. The highest BCUT2D eigenvalue weighted by molar-refractivity contribution is 5.79. The van der Waals surface area contributed by atoms with Gasteiger partial charge in [0.05, 0.1) is 7.11 Å². The highest BCUT2D eigenvalue weighted by Gasteiger charge is 2.07. The van der Waals surface area contributed by atoms with Crippen molar-refractivity contribution in [2.75, 3.05) is 47.4 Å². The van der Waals surface area contributed by atoms with Crippen LogP contribution in [0.3, 0.4) is 0 Å². The normalized spacial score (nSPS) is 11.5. The van der Waals surface area contributed by atoms with E-state index in [1.165, 1.54) is 0 Å². The number of benzene rings is 1. The average Bonchev–Trinajstić information content (AvgIpc) is 2.60. The Kier molecular flexibility index (Phi) is 8.90. The molecule has 0 heterocycles. The van der Waals surface area contributed by atoms with E-state index in [2.05, 4.69) is 34.4 Å². The maximum atomic E-state index is 5.86. The summed E-state index contributed by atoms with van der Waals surface area (Å²) in [5, 5.41) is 6.21. The Hall–Kier alpha value is -1.95. The molecule has 0 unspecified atom stereocenters. The minimum atomic E-state index is 0.655. The molecule has 1 aromatic rings. The van der Waals surface area contributed by atoms with Gasteiger partial charge < -0.3 is 25.0 Å². The van der Waals surface area contributed by atoms with E-state index in [0.717, 1.165) is 42.7 Å². The van der Waals surface area contributed by atoms with Gasteiger partial charge in [-0.15, -0.1) is 0 Å². The number of ether oxygens (including phenoxy) is 2. The average molecular weight is 322 g/mol.